The van der Waals surface area contributed by atoms with Crippen LogP contribution in [0.2, 0.25) is 0 Å². The van der Waals surface area contributed by atoms with Gasteiger partial charge in [-0.25, -0.2) is 4.98 Å². The molecule has 0 bridgehead atoms. The molecule has 1 aromatic heterocycles. The number of hydrogen-bond donors (Lipinski definition) is 2. The van der Waals surface area contributed by atoms with Crippen molar-refractivity contribution in [2.75, 3.05) is 5.32 Å². The molecule has 96 valence electrons. The Morgan fingerprint density at radius 1 is 1.41 bits per heavy atom. The zero-order valence-electron chi connectivity index (χ0n) is 9.86. The van der Waals surface area contributed by atoms with Crippen LogP contribution in [0.5, 0.6) is 0 Å². The van der Waals surface area contributed by atoms with Crippen molar-refractivity contribution in [3.05, 3.63) is 10.6 Å². The number of carbonyl (C=O) groups is 1. The Kier molecular flexibility index (Phi) is 5.36. The lowest BCUT2D eigenvalue weighted by Gasteiger charge is -2.03. The number of nitrogens with two attached hydrogens (primary N) is 1. The SMILES string of the molecule is C[C@@H](N)C(=O)Nc1nc2c(s1)CCCCC2.Cl. The first-order valence-corrected chi connectivity index (χ1v) is 6.53. The maximum atomic E-state index is 11.4. The zero-order chi connectivity index (χ0) is 11.5. The molecule has 0 spiro atoms. The van der Waals surface area contributed by atoms with Crippen LogP contribution in [-0.2, 0) is 17.6 Å². The molecular formula is C11H18ClN3OS. The van der Waals surface area contributed by atoms with Gasteiger partial charge in [0.05, 0.1) is 11.7 Å². The van der Waals surface area contributed by atoms with Gasteiger partial charge >= 0.3 is 0 Å². The molecule has 3 N–H and O–H groups in total. The lowest BCUT2D eigenvalue weighted by Crippen LogP contribution is -2.32. The highest BCUT2D eigenvalue weighted by molar-refractivity contribution is 7.15. The van der Waals surface area contributed by atoms with Crippen molar-refractivity contribution in [2.45, 2.75) is 45.1 Å². The van der Waals surface area contributed by atoms with Crippen molar-refractivity contribution in [3.8, 4) is 0 Å². The van der Waals surface area contributed by atoms with Crippen LogP contribution in [0.15, 0.2) is 0 Å². The maximum absolute atomic E-state index is 11.4. The lowest BCUT2D eigenvalue weighted by atomic mass is 10.2. The lowest BCUT2D eigenvalue weighted by molar-refractivity contribution is -0.117. The van der Waals surface area contributed by atoms with Crippen LogP contribution >= 0.6 is 23.7 Å². The monoisotopic (exact) mass is 275 g/mol. The minimum Gasteiger partial charge on any atom is -0.320 e. The standard InChI is InChI=1S/C11H17N3OS.ClH/c1-7(12)10(15)14-11-13-8-5-3-2-4-6-9(8)16-11;/h7H,2-6,12H2,1H3,(H,13,14,15);1H/t7-;/m1./s1. The fraction of sp³-hybridized carbons (Fsp3) is 0.636. The summed E-state index contributed by atoms with van der Waals surface area (Å²) < 4.78 is 0. The molecule has 0 unspecified atom stereocenters. The van der Waals surface area contributed by atoms with E-state index in [2.05, 4.69) is 10.3 Å². The van der Waals surface area contributed by atoms with Crippen LogP contribution in [0.25, 0.3) is 0 Å². The van der Waals surface area contributed by atoms with Crippen molar-refractivity contribution in [3.63, 3.8) is 0 Å². The number of nitrogens with one attached hydrogen (secondary N) is 1. The second-order valence-electron chi connectivity index (χ2n) is 4.23. The van der Waals surface area contributed by atoms with Gasteiger partial charge in [-0.15, -0.1) is 23.7 Å². The molecule has 1 aliphatic rings. The quantitative estimate of drug-likeness (QED) is 0.813. The molecule has 2 rings (SSSR count). The number of fused-ring (bicyclic) bond motifs is 1. The summed E-state index contributed by atoms with van der Waals surface area (Å²) in [6.45, 7) is 1.67. The molecule has 17 heavy (non-hydrogen) atoms. The predicted molar refractivity (Wildman–Crippen MR) is 72.9 cm³/mol. The van der Waals surface area contributed by atoms with Crippen LogP contribution in [0.3, 0.4) is 0 Å². The number of halogens is 1. The molecule has 0 aliphatic heterocycles. The number of hydrogen-bond acceptors (Lipinski definition) is 4. The van der Waals surface area contributed by atoms with Gasteiger partial charge in [0.1, 0.15) is 0 Å². The van der Waals surface area contributed by atoms with Crippen LogP contribution in [0, 0.1) is 0 Å². The van der Waals surface area contributed by atoms with Crippen LogP contribution in [-0.4, -0.2) is 16.9 Å². The molecule has 0 aromatic carbocycles. The molecule has 1 heterocycles. The van der Waals surface area contributed by atoms with E-state index in [4.69, 9.17) is 5.73 Å². The van der Waals surface area contributed by atoms with Gasteiger partial charge in [-0.2, -0.15) is 0 Å². The summed E-state index contributed by atoms with van der Waals surface area (Å²) in [7, 11) is 0. The Hall–Kier alpha value is -0.650. The summed E-state index contributed by atoms with van der Waals surface area (Å²) in [5.74, 6) is -0.163. The first-order chi connectivity index (χ1) is 7.66. The van der Waals surface area contributed by atoms with E-state index in [9.17, 15) is 4.79 Å². The van der Waals surface area contributed by atoms with Gasteiger partial charge in [0, 0.05) is 4.88 Å². The molecule has 0 radical (unpaired) electrons. The number of anilines is 1. The van der Waals surface area contributed by atoms with Gasteiger partial charge in [-0.1, -0.05) is 6.42 Å². The molecule has 1 aromatic rings. The number of aromatic nitrogens is 1. The molecule has 1 amide bonds. The molecule has 1 atom stereocenters. The fourth-order valence-corrected chi connectivity index (χ4v) is 2.85. The first kappa shape index (κ1) is 14.4. The Morgan fingerprint density at radius 2 is 2.12 bits per heavy atom. The zero-order valence-corrected chi connectivity index (χ0v) is 11.5. The van der Waals surface area contributed by atoms with E-state index in [1.165, 1.54) is 29.8 Å². The molecule has 4 nitrogen and oxygen atoms in total. The van der Waals surface area contributed by atoms with Gasteiger partial charge in [-0.05, 0) is 32.6 Å². The molecular weight excluding hydrogens is 258 g/mol. The van der Waals surface area contributed by atoms with Crippen LogP contribution in [0.1, 0.15) is 36.8 Å². The fourth-order valence-electron chi connectivity index (χ4n) is 1.80. The Morgan fingerprint density at radius 3 is 2.82 bits per heavy atom. The highest BCUT2D eigenvalue weighted by Crippen LogP contribution is 2.28. The summed E-state index contributed by atoms with van der Waals surface area (Å²) >= 11 is 1.60. The maximum Gasteiger partial charge on any atom is 0.242 e. The van der Waals surface area contributed by atoms with Crippen molar-refractivity contribution in [2.24, 2.45) is 5.73 Å². The predicted octanol–water partition coefficient (Wildman–Crippen LogP) is 2.12. The summed E-state index contributed by atoms with van der Waals surface area (Å²) in [4.78, 5) is 17.2. The highest BCUT2D eigenvalue weighted by Gasteiger charge is 2.16. The second kappa shape index (κ2) is 6.33. The van der Waals surface area contributed by atoms with Crippen molar-refractivity contribution < 1.29 is 4.79 Å². The molecule has 0 saturated heterocycles. The summed E-state index contributed by atoms with van der Waals surface area (Å²) in [5, 5.41) is 3.47. The average Bonchev–Trinajstić information content (AvgIpc) is 2.48. The Balaban J connectivity index is 0.00000144. The second-order valence-corrected chi connectivity index (χ2v) is 5.31. The van der Waals surface area contributed by atoms with E-state index in [0.717, 1.165) is 12.8 Å². The third-order valence-electron chi connectivity index (χ3n) is 2.74. The van der Waals surface area contributed by atoms with Crippen molar-refractivity contribution >= 4 is 34.8 Å². The van der Waals surface area contributed by atoms with E-state index >= 15 is 0 Å². The molecule has 0 fully saturated rings. The number of carbonyl (C=O) groups excluding carboxylic acids is 1. The highest BCUT2D eigenvalue weighted by atomic mass is 35.5. The topological polar surface area (TPSA) is 68.0 Å². The van der Waals surface area contributed by atoms with Gasteiger partial charge in [0.15, 0.2) is 5.13 Å². The number of nitrogens with zero attached hydrogens (tertiary/aromatic N) is 1. The van der Waals surface area contributed by atoms with Gasteiger partial charge in [0.2, 0.25) is 5.91 Å². The van der Waals surface area contributed by atoms with E-state index in [1.807, 2.05) is 0 Å². The van der Waals surface area contributed by atoms with Gasteiger partial charge < -0.3 is 11.1 Å². The van der Waals surface area contributed by atoms with Crippen molar-refractivity contribution in [1.82, 2.24) is 4.98 Å². The smallest absolute Gasteiger partial charge is 0.242 e. The summed E-state index contributed by atoms with van der Waals surface area (Å²) in [5.41, 5.74) is 6.66. The third kappa shape index (κ3) is 3.66. The van der Waals surface area contributed by atoms with E-state index in [0.29, 0.717) is 5.13 Å². The average molecular weight is 276 g/mol. The largest absolute Gasteiger partial charge is 0.320 e. The number of aryl methyl sites for hydroxylation is 2. The minimum atomic E-state index is -0.483. The molecule has 1 aliphatic carbocycles. The van der Waals surface area contributed by atoms with Crippen LogP contribution < -0.4 is 11.1 Å². The number of rotatable bonds is 2. The number of thiazole rings is 1. The minimum absolute atomic E-state index is 0. The van der Waals surface area contributed by atoms with E-state index in [1.54, 1.807) is 18.3 Å². The Bertz CT molecular complexity index is 369. The van der Waals surface area contributed by atoms with E-state index < -0.39 is 6.04 Å². The normalized spacial score (nSPS) is 16.4. The van der Waals surface area contributed by atoms with Crippen molar-refractivity contribution in [1.29, 1.82) is 0 Å². The first-order valence-electron chi connectivity index (χ1n) is 5.72. The number of amides is 1. The summed E-state index contributed by atoms with van der Waals surface area (Å²) in [6.07, 6.45) is 5.86. The molecule has 6 heteroatoms. The van der Waals surface area contributed by atoms with E-state index in [-0.39, 0.29) is 18.3 Å². The third-order valence-corrected chi connectivity index (χ3v) is 3.81. The Labute approximate surface area is 111 Å². The van der Waals surface area contributed by atoms with Gasteiger partial charge in [-0.3, -0.25) is 4.79 Å². The molecule has 0 saturated carbocycles. The summed E-state index contributed by atoms with van der Waals surface area (Å²) in [6, 6.07) is -0.483. The van der Waals surface area contributed by atoms with Gasteiger partial charge in [0.25, 0.3) is 0 Å². The van der Waals surface area contributed by atoms with Crippen LogP contribution in [0.4, 0.5) is 5.13 Å².